The third kappa shape index (κ3) is 3.02. The van der Waals surface area contributed by atoms with E-state index in [2.05, 4.69) is 9.80 Å². The van der Waals surface area contributed by atoms with Gasteiger partial charge in [-0.05, 0) is 43.3 Å². The van der Waals surface area contributed by atoms with Gasteiger partial charge in [0.15, 0.2) is 0 Å². The van der Waals surface area contributed by atoms with Gasteiger partial charge in [-0.1, -0.05) is 0 Å². The minimum Gasteiger partial charge on any atom is -0.465 e. The Kier molecular flexibility index (Phi) is 3.74. The normalized spacial score (nSPS) is 16.6. The Morgan fingerprint density at radius 3 is 2.30 bits per heavy atom. The molecule has 0 spiro atoms. The van der Waals surface area contributed by atoms with Gasteiger partial charge in [-0.3, -0.25) is 4.90 Å². The molecular formula is C16H19FN2O. The van der Waals surface area contributed by atoms with Crippen LogP contribution in [-0.2, 0) is 6.54 Å². The van der Waals surface area contributed by atoms with Crippen LogP contribution >= 0.6 is 0 Å². The second kappa shape index (κ2) is 5.67. The van der Waals surface area contributed by atoms with Crippen molar-refractivity contribution in [2.24, 2.45) is 0 Å². The van der Waals surface area contributed by atoms with E-state index in [1.807, 2.05) is 31.2 Å². The first-order chi connectivity index (χ1) is 9.70. The summed E-state index contributed by atoms with van der Waals surface area (Å²) in [6.45, 7) is 6.76. The number of rotatable bonds is 3. The van der Waals surface area contributed by atoms with Crippen LogP contribution in [0.1, 0.15) is 11.5 Å². The van der Waals surface area contributed by atoms with Gasteiger partial charge in [0.1, 0.15) is 17.3 Å². The van der Waals surface area contributed by atoms with Crippen LogP contribution in [0.5, 0.6) is 0 Å². The fourth-order valence-corrected chi connectivity index (χ4v) is 2.61. The number of hydrogen-bond acceptors (Lipinski definition) is 3. The number of furan rings is 1. The van der Waals surface area contributed by atoms with Crippen LogP contribution in [0.25, 0.3) is 0 Å². The highest BCUT2D eigenvalue weighted by Gasteiger charge is 2.18. The molecule has 0 amide bonds. The van der Waals surface area contributed by atoms with Crippen molar-refractivity contribution in [2.75, 3.05) is 31.1 Å². The highest BCUT2D eigenvalue weighted by Crippen LogP contribution is 2.18. The molecule has 3 nitrogen and oxygen atoms in total. The first-order valence-electron chi connectivity index (χ1n) is 6.99. The van der Waals surface area contributed by atoms with Crippen molar-refractivity contribution < 1.29 is 8.81 Å². The lowest BCUT2D eigenvalue weighted by Crippen LogP contribution is -2.45. The molecule has 0 N–H and O–H groups in total. The topological polar surface area (TPSA) is 19.6 Å². The highest BCUT2D eigenvalue weighted by atomic mass is 19.1. The van der Waals surface area contributed by atoms with Gasteiger partial charge in [0.2, 0.25) is 0 Å². The van der Waals surface area contributed by atoms with E-state index in [-0.39, 0.29) is 5.82 Å². The van der Waals surface area contributed by atoms with E-state index in [0.29, 0.717) is 0 Å². The third-order valence-corrected chi connectivity index (χ3v) is 3.74. The molecule has 0 radical (unpaired) electrons. The van der Waals surface area contributed by atoms with Crippen LogP contribution in [0.2, 0.25) is 0 Å². The van der Waals surface area contributed by atoms with Gasteiger partial charge < -0.3 is 9.32 Å². The SMILES string of the molecule is Cc1ccc(CN2CCN(c3ccc(F)cc3)CC2)o1. The molecule has 1 saturated heterocycles. The van der Waals surface area contributed by atoms with E-state index in [4.69, 9.17) is 4.42 Å². The summed E-state index contributed by atoms with van der Waals surface area (Å²) in [6, 6.07) is 10.8. The molecule has 1 aliphatic rings. The lowest BCUT2D eigenvalue weighted by Gasteiger charge is -2.35. The Labute approximate surface area is 118 Å². The number of benzene rings is 1. The zero-order valence-electron chi connectivity index (χ0n) is 11.7. The molecule has 0 bridgehead atoms. The average molecular weight is 274 g/mol. The lowest BCUT2D eigenvalue weighted by atomic mass is 10.2. The number of anilines is 1. The first-order valence-corrected chi connectivity index (χ1v) is 6.99. The van der Waals surface area contributed by atoms with Gasteiger partial charge in [-0.2, -0.15) is 0 Å². The monoisotopic (exact) mass is 274 g/mol. The van der Waals surface area contributed by atoms with Crippen LogP contribution in [0.15, 0.2) is 40.8 Å². The van der Waals surface area contributed by atoms with Crippen molar-refractivity contribution in [1.29, 1.82) is 0 Å². The molecule has 4 heteroatoms. The maximum atomic E-state index is 12.9. The summed E-state index contributed by atoms with van der Waals surface area (Å²) in [6.07, 6.45) is 0. The highest BCUT2D eigenvalue weighted by molar-refractivity contribution is 5.46. The second-order valence-corrected chi connectivity index (χ2v) is 5.25. The fourth-order valence-electron chi connectivity index (χ4n) is 2.61. The molecular weight excluding hydrogens is 255 g/mol. The molecule has 1 aliphatic heterocycles. The number of piperazine rings is 1. The first kappa shape index (κ1) is 13.2. The van der Waals surface area contributed by atoms with Gasteiger partial charge in [0.05, 0.1) is 6.54 Å². The van der Waals surface area contributed by atoms with Crippen molar-refractivity contribution >= 4 is 5.69 Å². The summed E-state index contributed by atoms with van der Waals surface area (Å²) in [5.74, 6) is 1.81. The standard InChI is InChI=1S/C16H19FN2O/c1-13-2-7-16(20-13)12-18-8-10-19(11-9-18)15-5-3-14(17)4-6-15/h2-7H,8-12H2,1H3. The van der Waals surface area contributed by atoms with E-state index in [1.54, 1.807) is 0 Å². The zero-order chi connectivity index (χ0) is 13.9. The summed E-state index contributed by atoms with van der Waals surface area (Å²) in [5.41, 5.74) is 1.10. The van der Waals surface area contributed by atoms with E-state index in [1.165, 1.54) is 12.1 Å². The Bertz CT molecular complexity index is 556. The van der Waals surface area contributed by atoms with Crippen LogP contribution in [0, 0.1) is 12.7 Å². The predicted molar refractivity (Wildman–Crippen MR) is 77.3 cm³/mol. The average Bonchev–Trinajstić information content (AvgIpc) is 2.86. The minimum atomic E-state index is -0.180. The van der Waals surface area contributed by atoms with Gasteiger partial charge >= 0.3 is 0 Å². The number of nitrogens with zero attached hydrogens (tertiary/aromatic N) is 2. The van der Waals surface area contributed by atoms with Crippen LogP contribution in [0.3, 0.4) is 0 Å². The molecule has 1 aromatic heterocycles. The molecule has 0 unspecified atom stereocenters. The van der Waals surface area contributed by atoms with Gasteiger partial charge in [-0.25, -0.2) is 4.39 Å². The summed E-state index contributed by atoms with van der Waals surface area (Å²) >= 11 is 0. The van der Waals surface area contributed by atoms with Crippen LogP contribution < -0.4 is 4.90 Å². The fraction of sp³-hybridized carbons (Fsp3) is 0.375. The van der Waals surface area contributed by atoms with Crippen molar-refractivity contribution in [3.8, 4) is 0 Å². The van der Waals surface area contributed by atoms with E-state index < -0.39 is 0 Å². The molecule has 1 aromatic carbocycles. The van der Waals surface area contributed by atoms with E-state index >= 15 is 0 Å². The molecule has 1 fully saturated rings. The van der Waals surface area contributed by atoms with Crippen molar-refractivity contribution in [1.82, 2.24) is 4.90 Å². The molecule has 20 heavy (non-hydrogen) atoms. The van der Waals surface area contributed by atoms with Gasteiger partial charge in [-0.15, -0.1) is 0 Å². The van der Waals surface area contributed by atoms with E-state index in [9.17, 15) is 4.39 Å². The molecule has 0 atom stereocenters. The maximum Gasteiger partial charge on any atom is 0.123 e. The van der Waals surface area contributed by atoms with Crippen molar-refractivity contribution in [3.05, 3.63) is 53.7 Å². The molecule has 0 aliphatic carbocycles. The van der Waals surface area contributed by atoms with Gasteiger partial charge in [0, 0.05) is 31.9 Å². The number of aryl methyl sites for hydroxylation is 1. The number of hydrogen-bond donors (Lipinski definition) is 0. The summed E-state index contributed by atoms with van der Waals surface area (Å²) in [5, 5.41) is 0. The maximum absolute atomic E-state index is 12.9. The Morgan fingerprint density at radius 1 is 1.00 bits per heavy atom. The minimum absolute atomic E-state index is 0.180. The molecule has 106 valence electrons. The largest absolute Gasteiger partial charge is 0.465 e. The Hall–Kier alpha value is -1.81. The lowest BCUT2D eigenvalue weighted by molar-refractivity contribution is 0.229. The van der Waals surface area contributed by atoms with E-state index in [0.717, 1.165) is 49.9 Å². The number of halogens is 1. The molecule has 3 rings (SSSR count). The van der Waals surface area contributed by atoms with Crippen LogP contribution in [-0.4, -0.2) is 31.1 Å². The molecule has 0 saturated carbocycles. The summed E-state index contributed by atoms with van der Waals surface area (Å²) in [7, 11) is 0. The van der Waals surface area contributed by atoms with Crippen molar-refractivity contribution in [3.63, 3.8) is 0 Å². The quantitative estimate of drug-likeness (QED) is 0.857. The Morgan fingerprint density at radius 2 is 1.70 bits per heavy atom. The smallest absolute Gasteiger partial charge is 0.123 e. The zero-order valence-corrected chi connectivity index (χ0v) is 11.7. The third-order valence-electron chi connectivity index (χ3n) is 3.74. The van der Waals surface area contributed by atoms with Gasteiger partial charge in [0.25, 0.3) is 0 Å². The van der Waals surface area contributed by atoms with Crippen molar-refractivity contribution in [2.45, 2.75) is 13.5 Å². The molecule has 2 aromatic rings. The Balaban J connectivity index is 1.55. The predicted octanol–water partition coefficient (Wildman–Crippen LogP) is 3.05. The molecule has 2 heterocycles. The second-order valence-electron chi connectivity index (χ2n) is 5.25. The summed E-state index contributed by atoms with van der Waals surface area (Å²) < 4.78 is 18.5. The summed E-state index contributed by atoms with van der Waals surface area (Å²) in [4.78, 5) is 4.68. The van der Waals surface area contributed by atoms with Crippen LogP contribution in [0.4, 0.5) is 10.1 Å².